The lowest BCUT2D eigenvalue weighted by atomic mass is 9.88. The van der Waals surface area contributed by atoms with E-state index >= 15 is 0 Å². The molecule has 864 valence electrons. The zero-order valence-electron chi connectivity index (χ0n) is 80.9. The van der Waals surface area contributed by atoms with Crippen molar-refractivity contribution in [3.05, 3.63) is 0 Å². The number of carbonyl (C=O) groups excluding carboxylic acids is 7. The van der Waals surface area contributed by atoms with Crippen molar-refractivity contribution in [3.8, 4) is 0 Å². The fraction of sp³-hybridized carbons (Fsp3) is 0.880. The molecule has 9 fully saturated rings. The maximum Gasteiger partial charge on any atom is 0.364 e. The predicted molar refractivity (Wildman–Crippen MR) is 465 cm³/mol. The van der Waals surface area contributed by atoms with Gasteiger partial charge in [-0.1, -0.05) is 0 Å². The van der Waals surface area contributed by atoms with E-state index in [-0.39, 0.29) is 0 Å². The fourth-order valence-electron chi connectivity index (χ4n) is 18.6. The van der Waals surface area contributed by atoms with E-state index in [9.17, 15) is 211 Å². The molecule has 150 heavy (non-hydrogen) atoms. The van der Waals surface area contributed by atoms with Crippen LogP contribution in [0.15, 0.2) is 0 Å². The quantitative estimate of drug-likeness (QED) is 0.0269. The number of carboxylic acid groups (broad SMARTS) is 3. The molecule has 9 saturated heterocycles. The first kappa shape index (κ1) is 126. The van der Waals surface area contributed by atoms with Crippen LogP contribution in [-0.2, 0) is 133 Å². The Balaban J connectivity index is 1.07. The van der Waals surface area contributed by atoms with Crippen LogP contribution in [0.5, 0.6) is 0 Å². The van der Waals surface area contributed by atoms with Crippen molar-refractivity contribution in [2.24, 2.45) is 0 Å². The molecular weight excluding hydrogens is 2050 g/mol. The van der Waals surface area contributed by atoms with Gasteiger partial charge in [0.25, 0.3) is 17.4 Å². The average Bonchev–Trinajstić information content (AvgIpc) is 0.763. The Morgan fingerprint density at radius 1 is 0.307 bits per heavy atom. The van der Waals surface area contributed by atoms with Crippen molar-refractivity contribution in [2.75, 3.05) is 72.7 Å². The Labute approximate surface area is 848 Å². The molecule has 0 bridgehead atoms. The number of amides is 7. The summed E-state index contributed by atoms with van der Waals surface area (Å²) in [5.41, 5.74) is 0. The van der Waals surface area contributed by atoms with Crippen LogP contribution in [0.4, 0.5) is 0 Å². The fourth-order valence-corrected chi connectivity index (χ4v) is 18.6. The van der Waals surface area contributed by atoms with Gasteiger partial charge < -0.3 is 286 Å². The van der Waals surface area contributed by atoms with Gasteiger partial charge in [-0.3, -0.25) is 33.6 Å². The number of carbonyl (C=O) groups is 10. The summed E-state index contributed by atoms with van der Waals surface area (Å²) in [5.74, 6) is -23.1. The van der Waals surface area contributed by atoms with Crippen LogP contribution < -0.4 is 37.2 Å². The maximum absolute atomic E-state index is 13.6. The molecule has 39 N–H and O–H groups in total. The van der Waals surface area contributed by atoms with Gasteiger partial charge in [-0.15, -0.1) is 0 Å². The van der Waals surface area contributed by atoms with E-state index in [1.165, 1.54) is 0 Å². The van der Waals surface area contributed by atoms with Crippen molar-refractivity contribution < 1.29 is 297 Å². The Morgan fingerprint density at radius 2 is 0.620 bits per heavy atom. The van der Waals surface area contributed by atoms with Crippen molar-refractivity contribution >= 4 is 59.3 Å². The second-order valence-electron chi connectivity index (χ2n) is 37.3. The first-order valence-electron chi connectivity index (χ1n) is 46.9. The number of rotatable bonds is 48. The molecule has 0 aromatic heterocycles. The number of aliphatic hydroxyl groups is 29. The Morgan fingerprint density at radius 3 is 0.973 bits per heavy atom. The third kappa shape index (κ3) is 29.4. The average molecular weight is 2190 g/mol. The summed E-state index contributed by atoms with van der Waals surface area (Å²) in [6.45, 7) is -8.41. The lowest BCUT2D eigenvalue weighted by Gasteiger charge is -2.51. The second kappa shape index (κ2) is 54.7. The van der Waals surface area contributed by atoms with Crippen LogP contribution in [0.1, 0.15) is 67.7 Å². The minimum atomic E-state index is -3.23. The SMILES string of the molecule is CC(=O)N[C@H]1[C@H](O[C@@H]([C@@H](O)[C@H](O)CO[C@]2(C(=O)O)C[C@H](O)[C@@H](NC(C)=O)[C@H]([C@H](O)[C@H](O)CO)O2)[C@H](CO)NC(C)=O)O[C@H](CO)[C@@H](O[C@@H]2O[C@H](CO[C@@H]3O[C@H](CO)[C@@H](O)[C@H](O[C@@H]4O[C@H](CO[C@]5(C(=O)O)C[C@H](O)[C@@H](NC(C)=O)[C@H]([C@H](O)[C@H](O)CO)O5)[C@H](O)[C@H](O)[C@H]4O)[C@H]3NC(C)=O)[C@H](O)[C@H](O[C@@H]3O[C@H](CO)[C@@H](O)[C@H](O[C@@H]4O[C@H](CO[C@]5(C(=O)O)C[C@H](O)[C@@H](NC(C)=O)[C@H]([C@H](O)[C@H](O)CO)O5)[C@H](O)[C@H](O)[C@H]4O)[C@H]3NC(C)=O)[C@H]2O)[C@@H]1O. The topological polar surface area (TPSA) is 1070 Å². The zero-order chi connectivity index (χ0) is 112. The summed E-state index contributed by atoms with van der Waals surface area (Å²) < 4.78 is 107. The highest BCUT2D eigenvalue weighted by molar-refractivity contribution is 5.79. The second-order valence-corrected chi connectivity index (χ2v) is 37.3. The highest BCUT2D eigenvalue weighted by Crippen LogP contribution is 2.43. The maximum atomic E-state index is 13.6. The Kier molecular flexibility index (Phi) is 46.0. The molecule has 9 heterocycles. The van der Waals surface area contributed by atoms with E-state index < -0.39 is 468 Å². The van der Waals surface area contributed by atoms with Crippen molar-refractivity contribution in [1.29, 1.82) is 0 Å². The molecule has 67 heteroatoms. The van der Waals surface area contributed by atoms with Gasteiger partial charge >= 0.3 is 17.9 Å². The molecule has 0 aliphatic carbocycles. The summed E-state index contributed by atoms with van der Waals surface area (Å²) in [4.78, 5) is 130. The van der Waals surface area contributed by atoms with Gasteiger partial charge in [0.1, 0.15) is 220 Å². The Hall–Kier alpha value is -7.18. The number of hydrogen-bond acceptors (Lipinski definition) is 57. The molecule has 0 radical (unpaired) electrons. The van der Waals surface area contributed by atoms with Crippen LogP contribution in [-0.4, -0.2) is 612 Å². The molecule has 9 aliphatic heterocycles. The van der Waals surface area contributed by atoms with E-state index in [4.69, 9.17) is 85.3 Å². The standard InChI is InChI=1S/C83H137N7O60/c1-22(98)84-29(11-91)64(52(115)36(111)18-134-81(78(127)128)8-30(105)43(85-23(2)99)68(148-81)49(112)33(108)12-92)143-73-46(88-26(5)102)58(121)65(39(17-97)139-73)144-77-63(126)71(147-74-48(90-28(7)104)67(56(119)38(16-96)138-74)146-76-62(125)60(123)54(117)42(142-76)21-136-83(80(131)132)10-32(107)45(87-25(4)101)70(150-83)51(114)35(110)14-94)57(120)40(140-77)19-133-72-47(89-27(6)103)66(55(118)37(15-95)137-72)145-75-61(124)59(122)53(116)41(141-75)20-135-82(79(129)130)9-31(106)44(86-24(3)100)69(149-82)50(113)34(109)13-93/h29-77,91-97,105-126H,8-21H2,1-7H3,(H,84,98)(H,85,99)(H,86,100)(H,87,101)(H,88,102)(H,89,103)(H,90,104)(H,127,128)(H,129,130)(H,131,132)/t29-,30-,31-,32-,33+,34+,35+,36+,37+,38+,39+,40+,41+,42+,43+,44+,45+,46+,47+,48+,49+,50+,51+,52-,53-,54-,55+,56+,57-,58+,59-,60-,61+,62+,63+,64+,65+,66+,67+,68+,69+,70+,71-,72+,73-,74-,75-,76-,77-,81+,82+,83+/m0/s1. The summed E-state index contributed by atoms with van der Waals surface area (Å²) in [6, 6.07) is -13.9. The number of ether oxygens (including phenoxy) is 18. The van der Waals surface area contributed by atoms with Gasteiger partial charge in [0.05, 0.1) is 115 Å². The third-order valence-corrected chi connectivity index (χ3v) is 26.3. The minimum absolute atomic E-state index is 0.801. The van der Waals surface area contributed by atoms with E-state index in [2.05, 4.69) is 37.2 Å². The van der Waals surface area contributed by atoms with E-state index in [1.807, 2.05) is 0 Å². The van der Waals surface area contributed by atoms with E-state index in [0.717, 1.165) is 48.5 Å². The van der Waals surface area contributed by atoms with Crippen molar-refractivity contribution in [1.82, 2.24) is 37.2 Å². The van der Waals surface area contributed by atoms with Crippen LogP contribution in [0, 0.1) is 0 Å². The monoisotopic (exact) mass is 2190 g/mol. The lowest BCUT2D eigenvalue weighted by molar-refractivity contribution is -0.383. The van der Waals surface area contributed by atoms with Crippen LogP contribution in [0.2, 0.25) is 0 Å². The van der Waals surface area contributed by atoms with Gasteiger partial charge in [-0.05, 0) is 0 Å². The molecule has 0 spiro atoms. The van der Waals surface area contributed by atoms with Crippen molar-refractivity contribution in [2.45, 2.75) is 385 Å². The molecule has 7 amide bonds. The molecule has 52 atom stereocenters. The summed E-state index contributed by atoms with van der Waals surface area (Å²) in [7, 11) is 0. The zero-order valence-corrected chi connectivity index (χ0v) is 80.9. The smallest absolute Gasteiger partial charge is 0.364 e. The van der Waals surface area contributed by atoms with Gasteiger partial charge in [0, 0.05) is 67.7 Å². The molecule has 0 unspecified atom stereocenters. The third-order valence-electron chi connectivity index (χ3n) is 26.3. The number of aliphatic carboxylic acids is 3. The molecule has 0 saturated carbocycles. The first-order valence-corrected chi connectivity index (χ1v) is 46.9. The number of nitrogens with one attached hydrogen (secondary N) is 7. The molecule has 0 aromatic rings. The minimum Gasteiger partial charge on any atom is -0.477 e. The molecular formula is C83H137N7O60. The summed E-state index contributed by atoms with van der Waals surface area (Å²) >= 11 is 0. The highest BCUT2D eigenvalue weighted by atomic mass is 16.8. The lowest BCUT2D eigenvalue weighted by Crippen LogP contribution is -2.71. The van der Waals surface area contributed by atoms with Gasteiger partial charge in [0.15, 0.2) is 37.7 Å². The summed E-state index contributed by atoms with van der Waals surface area (Å²) in [6.07, 6.45) is -102. The van der Waals surface area contributed by atoms with E-state index in [1.54, 1.807) is 0 Å². The molecule has 67 nitrogen and oxygen atoms in total. The predicted octanol–water partition coefficient (Wildman–Crippen LogP) is -24.5. The molecule has 9 rings (SSSR count). The van der Waals surface area contributed by atoms with Gasteiger partial charge in [-0.25, -0.2) is 14.4 Å². The molecule has 9 aliphatic rings. The van der Waals surface area contributed by atoms with Gasteiger partial charge in [0.2, 0.25) is 41.4 Å². The highest BCUT2D eigenvalue weighted by Gasteiger charge is 2.65. The normalized spacial score (nSPS) is 41.5. The first-order chi connectivity index (χ1) is 70.3. The Bertz CT molecular complexity index is 4390. The number of hydrogen-bond donors (Lipinski definition) is 39. The van der Waals surface area contributed by atoms with Crippen molar-refractivity contribution in [3.63, 3.8) is 0 Å². The van der Waals surface area contributed by atoms with Crippen LogP contribution >= 0.6 is 0 Å². The van der Waals surface area contributed by atoms with Crippen LogP contribution in [0.25, 0.3) is 0 Å². The van der Waals surface area contributed by atoms with Gasteiger partial charge in [-0.2, -0.15) is 0 Å². The number of aliphatic hydroxyl groups excluding tert-OH is 29. The largest absolute Gasteiger partial charge is 0.477 e. The number of carboxylic acids is 3. The summed E-state index contributed by atoms with van der Waals surface area (Å²) in [5, 5.41) is 375. The van der Waals surface area contributed by atoms with E-state index in [0.29, 0.717) is 0 Å². The van der Waals surface area contributed by atoms with Crippen LogP contribution in [0.3, 0.4) is 0 Å². The molecule has 0 aromatic carbocycles.